The summed E-state index contributed by atoms with van der Waals surface area (Å²) >= 11 is 0. The minimum atomic E-state index is -1.29. The number of carbonyl (C=O) groups excluding carboxylic acids is 1. The number of rotatable bonds is 3. The molecule has 0 radical (unpaired) electrons. The van der Waals surface area contributed by atoms with Crippen molar-refractivity contribution in [3.05, 3.63) is 11.3 Å². The summed E-state index contributed by atoms with van der Waals surface area (Å²) in [7, 11) is -1.29. The molecule has 0 rings (SSSR count). The minimum absolute atomic E-state index is 0.211. The Balaban J connectivity index is 4.26. The zero-order valence-corrected chi connectivity index (χ0v) is 9.60. The third-order valence-corrected chi connectivity index (χ3v) is 4.31. The average molecular weight is 186 g/mol. The molecule has 70 valence electrons. The van der Waals surface area contributed by atoms with Gasteiger partial charge in [-0.25, -0.2) is 4.79 Å². The predicted octanol–water partition coefficient (Wildman–Crippen LogP) is 2.37. The molecule has 0 aliphatic rings. The summed E-state index contributed by atoms with van der Waals surface area (Å²) in [5.74, 6) is -0.211. The van der Waals surface area contributed by atoms with Gasteiger partial charge in [0.15, 0.2) is 0 Å². The molecule has 0 amide bonds. The molecule has 0 aromatic heterocycles. The molecule has 0 saturated heterocycles. The topological polar surface area (TPSA) is 26.3 Å². The fourth-order valence-corrected chi connectivity index (χ4v) is 1.13. The fraction of sp³-hybridized carbons (Fsp3) is 0.667. The quantitative estimate of drug-likeness (QED) is 0.384. The molecule has 0 heterocycles. The first-order valence-electron chi connectivity index (χ1n) is 4.23. The van der Waals surface area contributed by atoms with E-state index in [9.17, 15) is 4.79 Å². The molecule has 0 unspecified atom stereocenters. The normalized spacial score (nSPS) is 12.9. The van der Waals surface area contributed by atoms with E-state index in [-0.39, 0.29) is 5.97 Å². The van der Waals surface area contributed by atoms with E-state index in [2.05, 4.69) is 19.6 Å². The molecule has 0 saturated carbocycles. The Kier molecular flexibility index (Phi) is 4.24. The number of ether oxygens (including phenoxy) is 1. The molecule has 0 aromatic carbocycles. The molecule has 0 N–H and O–H groups in total. The molecule has 0 aliphatic carbocycles. The summed E-state index contributed by atoms with van der Waals surface area (Å²) in [6, 6.07) is 0. The van der Waals surface area contributed by atoms with Gasteiger partial charge in [-0.3, -0.25) is 0 Å². The van der Waals surface area contributed by atoms with Crippen molar-refractivity contribution in [2.75, 3.05) is 6.61 Å². The summed E-state index contributed by atoms with van der Waals surface area (Å²) in [6.07, 6.45) is 1.62. The summed E-state index contributed by atoms with van der Waals surface area (Å²) in [5.41, 5.74) is 0. The Bertz CT molecular complexity index is 189. The molecule has 0 fully saturated rings. The second-order valence-corrected chi connectivity index (χ2v) is 9.12. The number of carbonyl (C=O) groups is 1. The maximum Gasteiger partial charge on any atom is 0.330 e. The van der Waals surface area contributed by atoms with Crippen molar-refractivity contribution in [2.24, 2.45) is 0 Å². The molecule has 0 bridgehead atoms. The van der Waals surface area contributed by atoms with Gasteiger partial charge in [0.2, 0.25) is 0 Å². The zero-order valence-electron chi connectivity index (χ0n) is 8.60. The number of hydrogen-bond acceptors (Lipinski definition) is 2. The Labute approximate surface area is 75.6 Å². The van der Waals surface area contributed by atoms with Crippen LogP contribution in [0.15, 0.2) is 11.3 Å². The summed E-state index contributed by atoms with van der Waals surface area (Å²) in [4.78, 5) is 11.0. The van der Waals surface area contributed by atoms with Crippen LogP contribution in [0, 0.1) is 0 Å². The Morgan fingerprint density at radius 2 is 1.92 bits per heavy atom. The molecule has 12 heavy (non-hydrogen) atoms. The van der Waals surface area contributed by atoms with E-state index in [1.165, 1.54) is 5.20 Å². The minimum Gasteiger partial charge on any atom is -0.463 e. The van der Waals surface area contributed by atoms with Gasteiger partial charge in [-0.2, -0.15) is 0 Å². The highest BCUT2D eigenvalue weighted by atomic mass is 28.3. The SMILES string of the molecule is CCOC(=O)/C=C(\C)[Si](C)(C)C. The highest BCUT2D eigenvalue weighted by Gasteiger charge is 2.16. The summed E-state index contributed by atoms with van der Waals surface area (Å²) in [6.45, 7) is 10.9. The summed E-state index contributed by atoms with van der Waals surface area (Å²) < 4.78 is 4.81. The predicted molar refractivity (Wildman–Crippen MR) is 53.7 cm³/mol. The third-order valence-electron chi connectivity index (χ3n) is 1.80. The van der Waals surface area contributed by atoms with Gasteiger partial charge in [-0.15, -0.1) is 0 Å². The van der Waals surface area contributed by atoms with Crippen LogP contribution in [-0.4, -0.2) is 20.7 Å². The number of esters is 1. The maximum atomic E-state index is 11.0. The van der Waals surface area contributed by atoms with Crippen molar-refractivity contribution in [1.29, 1.82) is 0 Å². The van der Waals surface area contributed by atoms with Gasteiger partial charge in [-0.05, 0) is 13.8 Å². The van der Waals surface area contributed by atoms with Gasteiger partial charge < -0.3 is 4.74 Å². The van der Waals surface area contributed by atoms with E-state index < -0.39 is 8.07 Å². The van der Waals surface area contributed by atoms with Crippen LogP contribution in [-0.2, 0) is 9.53 Å². The first kappa shape index (κ1) is 11.4. The van der Waals surface area contributed by atoms with Crippen LogP contribution in [0.2, 0.25) is 19.6 Å². The van der Waals surface area contributed by atoms with Crippen molar-refractivity contribution in [3.63, 3.8) is 0 Å². The van der Waals surface area contributed by atoms with Crippen LogP contribution in [0.4, 0.5) is 0 Å². The van der Waals surface area contributed by atoms with E-state index in [0.717, 1.165) is 0 Å². The molecule has 3 heteroatoms. The summed E-state index contributed by atoms with van der Waals surface area (Å²) in [5, 5.41) is 1.18. The third kappa shape index (κ3) is 4.33. The fourth-order valence-electron chi connectivity index (χ4n) is 0.577. The smallest absolute Gasteiger partial charge is 0.330 e. The van der Waals surface area contributed by atoms with Crippen LogP contribution in [0.3, 0.4) is 0 Å². The van der Waals surface area contributed by atoms with E-state index in [1.807, 2.05) is 13.8 Å². The van der Waals surface area contributed by atoms with E-state index in [0.29, 0.717) is 6.61 Å². The average Bonchev–Trinajstić information content (AvgIpc) is 1.85. The first-order chi connectivity index (χ1) is 5.38. The first-order valence-corrected chi connectivity index (χ1v) is 7.73. The van der Waals surface area contributed by atoms with Crippen LogP contribution in [0.25, 0.3) is 0 Å². The van der Waals surface area contributed by atoms with Gasteiger partial charge in [0.1, 0.15) is 0 Å². The molecule has 2 nitrogen and oxygen atoms in total. The number of hydrogen-bond donors (Lipinski definition) is 0. The lowest BCUT2D eigenvalue weighted by atomic mass is 10.5. The van der Waals surface area contributed by atoms with Gasteiger partial charge >= 0.3 is 5.97 Å². The molecule has 0 spiro atoms. The lowest BCUT2D eigenvalue weighted by Gasteiger charge is -2.16. The van der Waals surface area contributed by atoms with Crippen LogP contribution < -0.4 is 0 Å². The monoisotopic (exact) mass is 186 g/mol. The molecule has 0 atom stereocenters. The van der Waals surface area contributed by atoms with E-state index >= 15 is 0 Å². The second kappa shape index (κ2) is 4.45. The van der Waals surface area contributed by atoms with Gasteiger partial charge in [0, 0.05) is 6.08 Å². The Morgan fingerprint density at radius 1 is 1.42 bits per heavy atom. The lowest BCUT2D eigenvalue weighted by molar-refractivity contribution is -0.137. The molecular formula is C9H18O2Si. The van der Waals surface area contributed by atoms with Crippen molar-refractivity contribution in [3.8, 4) is 0 Å². The highest BCUT2D eigenvalue weighted by molar-refractivity contribution is 6.83. The van der Waals surface area contributed by atoms with E-state index in [4.69, 9.17) is 4.74 Å². The Hall–Kier alpha value is -0.573. The largest absolute Gasteiger partial charge is 0.463 e. The lowest BCUT2D eigenvalue weighted by Crippen LogP contribution is -2.23. The van der Waals surface area contributed by atoms with E-state index in [1.54, 1.807) is 6.08 Å². The van der Waals surface area contributed by atoms with Crippen molar-refractivity contribution in [1.82, 2.24) is 0 Å². The van der Waals surface area contributed by atoms with Crippen molar-refractivity contribution < 1.29 is 9.53 Å². The second-order valence-electron chi connectivity index (χ2n) is 3.83. The highest BCUT2D eigenvalue weighted by Crippen LogP contribution is 2.12. The zero-order chi connectivity index (χ0) is 9.78. The van der Waals surface area contributed by atoms with Gasteiger partial charge in [-0.1, -0.05) is 24.8 Å². The van der Waals surface area contributed by atoms with Gasteiger partial charge in [0.25, 0.3) is 0 Å². The number of allylic oxidation sites excluding steroid dienone is 1. The van der Waals surface area contributed by atoms with Crippen LogP contribution in [0.1, 0.15) is 13.8 Å². The molecular weight excluding hydrogens is 168 g/mol. The van der Waals surface area contributed by atoms with Crippen molar-refractivity contribution in [2.45, 2.75) is 33.5 Å². The molecule has 0 aliphatic heterocycles. The van der Waals surface area contributed by atoms with Crippen LogP contribution in [0.5, 0.6) is 0 Å². The van der Waals surface area contributed by atoms with Crippen molar-refractivity contribution >= 4 is 14.0 Å². The Morgan fingerprint density at radius 3 is 2.25 bits per heavy atom. The van der Waals surface area contributed by atoms with Crippen LogP contribution >= 0.6 is 0 Å². The molecule has 0 aromatic rings. The maximum absolute atomic E-state index is 11.0. The standard InChI is InChI=1S/C9H18O2Si/c1-6-11-9(10)7-8(2)12(3,4)5/h7H,6H2,1-5H3/b8-7+. The van der Waals surface area contributed by atoms with Gasteiger partial charge in [0.05, 0.1) is 14.7 Å².